The molecule has 10 aromatic rings. The predicted octanol–water partition coefficient (Wildman–Crippen LogP) is 11.7. The monoisotopic (exact) mass is 793 g/mol. The molecule has 1 aliphatic carbocycles. The third kappa shape index (κ3) is 3.86. The minimum atomic E-state index is -2.66. The second kappa shape index (κ2) is 11.5. The molecule has 0 saturated carbocycles. The first-order chi connectivity index (χ1) is 30.0. The molecule has 0 atom stereocenters. The molecule has 0 saturated heterocycles. The van der Waals surface area contributed by atoms with E-state index < -0.39 is 13.5 Å². The van der Waals surface area contributed by atoms with E-state index in [-0.39, 0.29) is 5.41 Å². The summed E-state index contributed by atoms with van der Waals surface area (Å²) >= 11 is 0. The van der Waals surface area contributed by atoms with Gasteiger partial charge in [-0.3, -0.25) is 0 Å². The van der Waals surface area contributed by atoms with Crippen LogP contribution in [0.3, 0.4) is 0 Å². The zero-order chi connectivity index (χ0) is 40.2. The summed E-state index contributed by atoms with van der Waals surface area (Å²) in [6, 6.07) is 76.0. The van der Waals surface area contributed by atoms with Crippen LogP contribution in [0.1, 0.15) is 47.2 Å². The van der Waals surface area contributed by atoms with Crippen molar-refractivity contribution in [2.24, 2.45) is 0 Å². The highest BCUT2D eigenvalue weighted by Crippen LogP contribution is 2.64. The minimum absolute atomic E-state index is 0.299. The zero-order valence-electron chi connectivity index (χ0n) is 33.9. The lowest BCUT2D eigenvalue weighted by Gasteiger charge is -2.52. The fourth-order valence-corrected chi connectivity index (χ4v) is 18.4. The smallest absolute Gasteiger partial charge is 0.182 e. The normalized spacial score (nSPS) is 16.1. The first kappa shape index (κ1) is 33.6. The van der Waals surface area contributed by atoms with Crippen LogP contribution in [-0.2, 0) is 10.8 Å². The van der Waals surface area contributed by atoms with Crippen LogP contribution in [0, 0.1) is 0 Å². The van der Waals surface area contributed by atoms with E-state index >= 15 is 0 Å². The number of furan rings is 1. The SMILES string of the molecule is CC1(C)c2ccccc2C2(c3ccccc3N(c3ccc4c(c3)[Si]3(c5ccccc5-c5ccccc53)c3ccccc3-4)c3ccccc32)c2ccc3oc4ccccc4c3c21. The van der Waals surface area contributed by atoms with E-state index in [1.54, 1.807) is 0 Å². The van der Waals surface area contributed by atoms with E-state index in [1.807, 2.05) is 0 Å². The average Bonchev–Trinajstić information content (AvgIpc) is 3.94. The minimum Gasteiger partial charge on any atom is -0.456 e. The Morgan fingerprint density at radius 2 is 0.918 bits per heavy atom. The van der Waals surface area contributed by atoms with E-state index in [4.69, 9.17) is 4.42 Å². The van der Waals surface area contributed by atoms with Crippen molar-refractivity contribution in [2.75, 3.05) is 4.90 Å². The largest absolute Gasteiger partial charge is 0.456 e. The summed E-state index contributed by atoms with van der Waals surface area (Å²) in [6.07, 6.45) is 0. The molecule has 0 bridgehead atoms. The molecular formula is C58H39NOSi. The van der Waals surface area contributed by atoms with Gasteiger partial charge in [0.2, 0.25) is 0 Å². The van der Waals surface area contributed by atoms with Crippen LogP contribution in [0.2, 0.25) is 0 Å². The molecule has 3 heteroatoms. The number of benzene rings is 9. The van der Waals surface area contributed by atoms with Crippen LogP contribution in [0.4, 0.5) is 17.1 Å². The number of nitrogens with zero attached hydrogens (tertiary/aromatic N) is 1. The number of hydrogen-bond acceptors (Lipinski definition) is 2. The van der Waals surface area contributed by atoms with Gasteiger partial charge in [0.1, 0.15) is 11.2 Å². The van der Waals surface area contributed by atoms with Crippen LogP contribution in [-0.4, -0.2) is 8.07 Å². The van der Waals surface area contributed by atoms with Crippen molar-refractivity contribution in [3.05, 3.63) is 234 Å². The Hall–Kier alpha value is -7.20. The van der Waals surface area contributed by atoms with Gasteiger partial charge in [0, 0.05) is 21.9 Å². The summed E-state index contributed by atoms with van der Waals surface area (Å²) in [4.78, 5) is 2.57. The van der Waals surface area contributed by atoms with Gasteiger partial charge >= 0.3 is 0 Å². The number of rotatable bonds is 1. The third-order valence-electron chi connectivity index (χ3n) is 14.9. The Balaban J connectivity index is 1.08. The predicted molar refractivity (Wildman–Crippen MR) is 254 cm³/mol. The lowest BCUT2D eigenvalue weighted by Crippen LogP contribution is -2.70. The molecule has 61 heavy (non-hydrogen) atoms. The van der Waals surface area contributed by atoms with Gasteiger partial charge in [-0.15, -0.1) is 0 Å². The fourth-order valence-electron chi connectivity index (χ4n) is 12.7. The maximum atomic E-state index is 6.63. The van der Waals surface area contributed by atoms with Crippen LogP contribution in [0.5, 0.6) is 0 Å². The fraction of sp³-hybridized carbons (Fsp3) is 0.0690. The van der Waals surface area contributed by atoms with Gasteiger partial charge in [0.15, 0.2) is 8.07 Å². The van der Waals surface area contributed by atoms with Gasteiger partial charge in [0.05, 0.1) is 16.8 Å². The molecule has 0 radical (unpaired) electrons. The van der Waals surface area contributed by atoms with E-state index in [2.05, 4.69) is 219 Å². The lowest BCUT2D eigenvalue weighted by molar-refractivity contribution is 0.560. The summed E-state index contributed by atoms with van der Waals surface area (Å²) in [7, 11) is -2.66. The first-order valence-electron chi connectivity index (χ1n) is 21.5. The van der Waals surface area contributed by atoms with E-state index in [0.717, 1.165) is 11.2 Å². The Kier molecular flexibility index (Phi) is 6.36. The summed E-state index contributed by atoms with van der Waals surface area (Å²) < 4.78 is 6.63. The second-order valence-electron chi connectivity index (χ2n) is 17.9. The molecule has 0 unspecified atom stereocenters. The molecule has 0 N–H and O–H groups in total. The number of hydrogen-bond donors (Lipinski definition) is 0. The summed E-state index contributed by atoms with van der Waals surface area (Å²) in [5.41, 5.74) is 18.0. The van der Waals surface area contributed by atoms with Crippen LogP contribution in [0.25, 0.3) is 44.2 Å². The van der Waals surface area contributed by atoms with E-state index in [1.165, 1.54) is 104 Å². The Morgan fingerprint density at radius 3 is 1.56 bits per heavy atom. The topological polar surface area (TPSA) is 16.4 Å². The maximum absolute atomic E-state index is 6.63. The van der Waals surface area contributed by atoms with Crippen LogP contribution < -0.4 is 25.6 Å². The Bertz CT molecular complexity index is 3440. The van der Waals surface area contributed by atoms with Crippen LogP contribution in [0.15, 0.2) is 205 Å². The number of fused-ring (bicyclic) bond motifs is 22. The summed E-state index contributed by atoms with van der Waals surface area (Å²) in [6.45, 7) is 4.82. The standard InChI is InChI=1S/C58H39NOSi/c1-57(2)42-21-7-8-22-43(42)58(46-33-34-50-55(56(46)57)41-20-3-13-27-49(41)60-50)44-23-9-11-25-47(44)59(48-26-12-10-24-45(48)58)36-31-32-40-39-19-6-16-30-53(39)61(54(40)35-36)51-28-14-4-17-37(51)38-18-5-15-29-52(38)61/h3-35H,1-2H3. The Labute approximate surface area is 356 Å². The molecular weight excluding hydrogens is 755 g/mol. The average molecular weight is 794 g/mol. The van der Waals surface area contributed by atoms with Crippen LogP contribution >= 0.6 is 0 Å². The van der Waals surface area contributed by atoms with E-state index in [0.29, 0.717) is 0 Å². The number of anilines is 3. The molecule has 286 valence electrons. The van der Waals surface area contributed by atoms with Crippen molar-refractivity contribution in [2.45, 2.75) is 24.7 Å². The molecule has 4 aliphatic rings. The van der Waals surface area contributed by atoms with Crippen molar-refractivity contribution >= 4 is 67.8 Å². The second-order valence-corrected chi connectivity index (χ2v) is 21.5. The summed E-state index contributed by atoms with van der Waals surface area (Å²) in [5.74, 6) is 0. The summed E-state index contributed by atoms with van der Waals surface area (Å²) in [5, 5.41) is 8.35. The van der Waals surface area contributed by atoms with Gasteiger partial charge in [-0.2, -0.15) is 0 Å². The lowest BCUT2D eigenvalue weighted by atomic mass is 9.52. The number of para-hydroxylation sites is 3. The highest BCUT2D eigenvalue weighted by atomic mass is 28.3. The molecule has 0 amide bonds. The molecule has 4 heterocycles. The van der Waals surface area contributed by atoms with Gasteiger partial charge < -0.3 is 9.32 Å². The van der Waals surface area contributed by atoms with Crippen molar-refractivity contribution < 1.29 is 4.42 Å². The highest BCUT2D eigenvalue weighted by Gasteiger charge is 2.56. The maximum Gasteiger partial charge on any atom is 0.182 e. The molecule has 3 aliphatic heterocycles. The van der Waals surface area contributed by atoms with E-state index in [9.17, 15) is 0 Å². The van der Waals surface area contributed by atoms with Gasteiger partial charge in [-0.1, -0.05) is 178 Å². The van der Waals surface area contributed by atoms with Crippen molar-refractivity contribution in [3.63, 3.8) is 0 Å². The van der Waals surface area contributed by atoms with Gasteiger partial charge in [0.25, 0.3) is 0 Å². The third-order valence-corrected chi connectivity index (χ3v) is 19.9. The molecule has 2 nitrogen and oxygen atoms in total. The molecule has 2 spiro atoms. The van der Waals surface area contributed by atoms with Gasteiger partial charge in [-0.25, -0.2) is 0 Å². The molecule has 9 aromatic carbocycles. The molecule has 1 aromatic heterocycles. The van der Waals surface area contributed by atoms with Crippen molar-refractivity contribution in [1.29, 1.82) is 0 Å². The first-order valence-corrected chi connectivity index (χ1v) is 23.5. The van der Waals surface area contributed by atoms with Crippen molar-refractivity contribution in [1.82, 2.24) is 0 Å². The quantitative estimate of drug-likeness (QED) is 0.154. The van der Waals surface area contributed by atoms with Crippen molar-refractivity contribution in [3.8, 4) is 22.3 Å². The zero-order valence-corrected chi connectivity index (χ0v) is 34.9. The van der Waals surface area contributed by atoms with Gasteiger partial charge in [-0.05, 0) is 113 Å². The molecule has 14 rings (SSSR count). The Morgan fingerprint density at radius 1 is 0.410 bits per heavy atom. The molecule has 0 fully saturated rings. The highest BCUT2D eigenvalue weighted by molar-refractivity contribution is 7.24.